The van der Waals surface area contributed by atoms with E-state index < -0.39 is 11.8 Å². The summed E-state index contributed by atoms with van der Waals surface area (Å²) in [6.45, 7) is 0.337. The van der Waals surface area contributed by atoms with E-state index in [1.54, 1.807) is 12.1 Å². The molecule has 0 saturated heterocycles. The number of ether oxygens (including phenoxy) is 2. The van der Waals surface area contributed by atoms with Gasteiger partial charge in [0.2, 0.25) is 0 Å². The summed E-state index contributed by atoms with van der Waals surface area (Å²) in [7, 11) is 0. The predicted molar refractivity (Wildman–Crippen MR) is 110 cm³/mol. The van der Waals surface area contributed by atoms with E-state index in [-0.39, 0.29) is 23.6 Å². The van der Waals surface area contributed by atoms with Gasteiger partial charge < -0.3 is 14.8 Å². The number of fused-ring (bicyclic) bond motifs is 3. The molecule has 3 aromatic rings. The van der Waals surface area contributed by atoms with Gasteiger partial charge in [-0.1, -0.05) is 29.8 Å². The van der Waals surface area contributed by atoms with Gasteiger partial charge in [0.15, 0.2) is 11.6 Å². The highest BCUT2D eigenvalue weighted by molar-refractivity contribution is 6.31. The summed E-state index contributed by atoms with van der Waals surface area (Å²) in [5, 5.41) is 6.05. The standard InChI is InChI=1S/C22H17ClFN3O3/c23-15-7-8-16(24)21-19(15)18-14(11-29-21)20(18)27-22(28)26-17-9-6-13(10-25-17)30-12-4-2-1-3-5-12/h1-10,14,18,20H,11H2,(H2,25,26,27,28). The van der Waals surface area contributed by atoms with E-state index in [1.807, 2.05) is 30.3 Å². The topological polar surface area (TPSA) is 72.5 Å². The third-order valence-electron chi connectivity index (χ3n) is 5.27. The summed E-state index contributed by atoms with van der Waals surface area (Å²) in [5.74, 6) is 1.40. The summed E-state index contributed by atoms with van der Waals surface area (Å²) in [5.41, 5.74) is 0.624. The lowest BCUT2D eigenvalue weighted by Crippen LogP contribution is -2.32. The minimum atomic E-state index is -0.440. The van der Waals surface area contributed by atoms with E-state index in [9.17, 15) is 9.18 Å². The molecule has 2 aliphatic rings. The monoisotopic (exact) mass is 425 g/mol. The zero-order chi connectivity index (χ0) is 20.7. The van der Waals surface area contributed by atoms with Crippen LogP contribution in [0.15, 0.2) is 60.8 Å². The Kier molecular flexibility index (Phi) is 4.67. The van der Waals surface area contributed by atoms with E-state index in [0.29, 0.717) is 34.5 Å². The summed E-state index contributed by atoms with van der Waals surface area (Å²) < 4.78 is 25.2. The molecule has 1 aliphatic heterocycles. The molecule has 30 heavy (non-hydrogen) atoms. The first-order chi connectivity index (χ1) is 14.6. The van der Waals surface area contributed by atoms with Crippen LogP contribution in [0.4, 0.5) is 15.0 Å². The largest absolute Gasteiger partial charge is 0.490 e. The Bertz CT molecular complexity index is 1090. The minimum Gasteiger partial charge on any atom is -0.490 e. The van der Waals surface area contributed by atoms with Crippen LogP contribution in [-0.2, 0) is 0 Å². The van der Waals surface area contributed by atoms with Crippen molar-refractivity contribution in [1.29, 1.82) is 0 Å². The van der Waals surface area contributed by atoms with Gasteiger partial charge in [0.1, 0.15) is 17.3 Å². The fraction of sp³-hybridized carbons (Fsp3) is 0.182. The first-order valence-electron chi connectivity index (χ1n) is 9.47. The van der Waals surface area contributed by atoms with Gasteiger partial charge in [-0.2, -0.15) is 0 Å². The van der Waals surface area contributed by atoms with Crippen LogP contribution in [0.3, 0.4) is 0 Å². The maximum Gasteiger partial charge on any atom is 0.320 e. The lowest BCUT2D eigenvalue weighted by atomic mass is 10.1. The highest BCUT2D eigenvalue weighted by atomic mass is 35.5. The first kappa shape index (κ1) is 18.7. The molecule has 2 N–H and O–H groups in total. The van der Waals surface area contributed by atoms with Crippen molar-refractivity contribution in [3.8, 4) is 17.2 Å². The third kappa shape index (κ3) is 3.52. The number of pyridine rings is 1. The number of halogens is 2. The van der Waals surface area contributed by atoms with Crippen molar-refractivity contribution >= 4 is 23.4 Å². The summed E-state index contributed by atoms with van der Waals surface area (Å²) in [6, 6.07) is 15.0. The van der Waals surface area contributed by atoms with Crippen molar-refractivity contribution in [2.75, 3.05) is 11.9 Å². The average Bonchev–Trinajstić information content (AvgIpc) is 3.45. The number of urea groups is 1. The van der Waals surface area contributed by atoms with Gasteiger partial charge in [0.25, 0.3) is 0 Å². The highest BCUT2D eigenvalue weighted by Crippen LogP contribution is 2.56. The van der Waals surface area contributed by atoms with Crippen LogP contribution >= 0.6 is 11.6 Å². The van der Waals surface area contributed by atoms with Gasteiger partial charge in [-0.05, 0) is 36.4 Å². The smallest absolute Gasteiger partial charge is 0.320 e. The number of carbonyl (C=O) groups is 1. The molecule has 1 aromatic heterocycles. The van der Waals surface area contributed by atoms with Gasteiger partial charge in [0.05, 0.1) is 12.8 Å². The number of aromatic nitrogens is 1. The number of nitrogens with one attached hydrogen (secondary N) is 2. The number of carbonyl (C=O) groups excluding carboxylic acids is 1. The van der Waals surface area contributed by atoms with Crippen molar-refractivity contribution in [1.82, 2.24) is 10.3 Å². The van der Waals surface area contributed by atoms with Crippen LogP contribution in [-0.4, -0.2) is 23.7 Å². The van der Waals surface area contributed by atoms with E-state index in [4.69, 9.17) is 21.1 Å². The number of benzene rings is 2. The highest BCUT2D eigenvalue weighted by Gasteiger charge is 2.57. The molecule has 2 aromatic carbocycles. The van der Waals surface area contributed by atoms with E-state index in [0.717, 1.165) is 0 Å². The van der Waals surface area contributed by atoms with Crippen LogP contribution in [0.1, 0.15) is 11.5 Å². The van der Waals surface area contributed by atoms with Crippen LogP contribution in [0.2, 0.25) is 5.02 Å². The zero-order valence-corrected chi connectivity index (χ0v) is 16.4. The fourth-order valence-electron chi connectivity index (χ4n) is 3.80. The third-order valence-corrected chi connectivity index (χ3v) is 5.60. The van der Waals surface area contributed by atoms with Crippen molar-refractivity contribution in [3.05, 3.63) is 77.2 Å². The zero-order valence-electron chi connectivity index (χ0n) is 15.6. The second-order valence-electron chi connectivity index (χ2n) is 7.19. The second-order valence-corrected chi connectivity index (χ2v) is 7.60. The number of nitrogens with zero attached hydrogens (tertiary/aromatic N) is 1. The van der Waals surface area contributed by atoms with Crippen LogP contribution in [0.5, 0.6) is 17.2 Å². The molecule has 6 nitrogen and oxygen atoms in total. The van der Waals surface area contributed by atoms with Crippen LogP contribution in [0.25, 0.3) is 0 Å². The Morgan fingerprint density at radius 3 is 2.73 bits per heavy atom. The molecule has 1 aliphatic carbocycles. The number of hydrogen-bond acceptors (Lipinski definition) is 4. The molecule has 3 unspecified atom stereocenters. The van der Waals surface area contributed by atoms with Crippen molar-refractivity contribution in [2.24, 2.45) is 5.92 Å². The number of amides is 2. The average molecular weight is 426 g/mol. The molecular formula is C22H17ClFN3O3. The molecule has 8 heteroatoms. The van der Waals surface area contributed by atoms with Crippen molar-refractivity contribution in [2.45, 2.75) is 12.0 Å². The lowest BCUT2D eigenvalue weighted by Gasteiger charge is -2.17. The van der Waals surface area contributed by atoms with Gasteiger partial charge in [-0.15, -0.1) is 0 Å². The quantitative estimate of drug-likeness (QED) is 0.619. The van der Waals surface area contributed by atoms with E-state index in [2.05, 4.69) is 15.6 Å². The Hall–Kier alpha value is -3.32. The normalized spacial score (nSPS) is 20.9. The van der Waals surface area contributed by atoms with Crippen molar-refractivity contribution < 1.29 is 18.7 Å². The molecule has 2 amide bonds. The molecule has 0 spiro atoms. The molecule has 3 atom stereocenters. The maximum atomic E-state index is 14.0. The van der Waals surface area contributed by atoms with Crippen molar-refractivity contribution in [3.63, 3.8) is 0 Å². The fourth-order valence-corrected chi connectivity index (χ4v) is 4.08. The minimum absolute atomic E-state index is 0.0580. The lowest BCUT2D eigenvalue weighted by molar-refractivity contribution is 0.248. The Morgan fingerprint density at radius 1 is 1.13 bits per heavy atom. The molecular weight excluding hydrogens is 409 g/mol. The Balaban J connectivity index is 1.21. The van der Waals surface area contributed by atoms with Gasteiger partial charge in [0, 0.05) is 28.5 Å². The summed E-state index contributed by atoms with van der Waals surface area (Å²) in [6.07, 6.45) is 1.53. The number of hydrogen-bond donors (Lipinski definition) is 2. The molecule has 1 fully saturated rings. The summed E-state index contributed by atoms with van der Waals surface area (Å²) >= 11 is 6.24. The molecule has 2 heterocycles. The first-order valence-corrected chi connectivity index (χ1v) is 9.85. The molecule has 5 rings (SSSR count). The van der Waals surface area contributed by atoms with Gasteiger partial charge >= 0.3 is 6.03 Å². The Morgan fingerprint density at radius 2 is 1.97 bits per heavy atom. The van der Waals surface area contributed by atoms with Gasteiger partial charge in [-0.3, -0.25) is 5.32 Å². The van der Waals surface area contributed by atoms with Gasteiger partial charge in [-0.25, -0.2) is 14.2 Å². The molecule has 0 bridgehead atoms. The predicted octanol–water partition coefficient (Wildman–Crippen LogP) is 4.96. The molecule has 1 saturated carbocycles. The Labute approximate surface area is 177 Å². The van der Waals surface area contributed by atoms with Crippen LogP contribution < -0.4 is 20.1 Å². The molecule has 152 valence electrons. The van der Waals surface area contributed by atoms with E-state index in [1.165, 1.54) is 18.3 Å². The maximum absolute atomic E-state index is 14.0. The second kappa shape index (κ2) is 7.50. The number of anilines is 1. The molecule has 0 radical (unpaired) electrons. The summed E-state index contributed by atoms with van der Waals surface area (Å²) in [4.78, 5) is 16.6. The van der Waals surface area contributed by atoms with Crippen LogP contribution in [0, 0.1) is 11.7 Å². The van der Waals surface area contributed by atoms with E-state index >= 15 is 0 Å². The SMILES string of the molecule is O=C(Nc1ccc(Oc2ccccc2)cn1)NC1C2COc3c(F)ccc(Cl)c3C21. The number of rotatable bonds is 4. The number of para-hydroxylation sites is 1.